The maximum atomic E-state index is 13.6. The molecule has 3 nitrogen and oxygen atoms in total. The zero-order valence-electron chi connectivity index (χ0n) is 10.5. The fraction of sp³-hybridized carbons (Fsp3) is 0.0714. The second-order valence-electron chi connectivity index (χ2n) is 3.96. The van der Waals surface area contributed by atoms with E-state index in [2.05, 4.69) is 17.9 Å². The van der Waals surface area contributed by atoms with E-state index < -0.39 is 17.5 Å². The Hall–Kier alpha value is -2.08. The standard InChI is InChI=1S/C14H11F2NO2S/c1-19-8-2-4-12(16)13(6-8)17-14(18)10-7-9(20)3-5-11(10)15/h2-7,20H,1H3,(H,17,18). The van der Waals surface area contributed by atoms with Crippen molar-refractivity contribution < 1.29 is 18.3 Å². The molecule has 0 aliphatic heterocycles. The van der Waals surface area contributed by atoms with Crippen molar-refractivity contribution in [2.75, 3.05) is 12.4 Å². The molecule has 0 atom stereocenters. The van der Waals surface area contributed by atoms with Gasteiger partial charge in [0, 0.05) is 11.0 Å². The van der Waals surface area contributed by atoms with Gasteiger partial charge >= 0.3 is 0 Å². The molecule has 0 saturated heterocycles. The van der Waals surface area contributed by atoms with Crippen LogP contribution in [0.4, 0.5) is 14.5 Å². The number of hydrogen-bond acceptors (Lipinski definition) is 3. The first kappa shape index (κ1) is 14.3. The van der Waals surface area contributed by atoms with E-state index in [0.717, 1.165) is 12.1 Å². The number of rotatable bonds is 3. The van der Waals surface area contributed by atoms with Crippen LogP contribution in [0, 0.1) is 11.6 Å². The number of thiol groups is 1. The molecule has 2 aromatic rings. The van der Waals surface area contributed by atoms with Crippen molar-refractivity contribution in [3.63, 3.8) is 0 Å². The summed E-state index contributed by atoms with van der Waals surface area (Å²) >= 11 is 4.03. The normalized spacial score (nSPS) is 10.2. The summed E-state index contributed by atoms with van der Waals surface area (Å²) < 4.78 is 32.1. The van der Waals surface area contributed by atoms with Gasteiger partial charge in [-0.3, -0.25) is 4.79 Å². The third-order valence-corrected chi connectivity index (χ3v) is 2.89. The number of methoxy groups -OCH3 is 1. The van der Waals surface area contributed by atoms with Gasteiger partial charge in [0.25, 0.3) is 5.91 Å². The lowest BCUT2D eigenvalue weighted by atomic mass is 10.2. The summed E-state index contributed by atoms with van der Waals surface area (Å²) in [5.74, 6) is -1.72. The molecule has 0 aromatic heterocycles. The minimum Gasteiger partial charge on any atom is -0.497 e. The Bertz CT molecular complexity index is 662. The van der Waals surface area contributed by atoms with Gasteiger partial charge < -0.3 is 10.1 Å². The van der Waals surface area contributed by atoms with Crippen LogP contribution in [-0.4, -0.2) is 13.0 Å². The second-order valence-corrected chi connectivity index (χ2v) is 4.48. The van der Waals surface area contributed by atoms with Crippen LogP contribution in [0.1, 0.15) is 10.4 Å². The van der Waals surface area contributed by atoms with E-state index in [9.17, 15) is 13.6 Å². The molecular formula is C14H11F2NO2S. The van der Waals surface area contributed by atoms with E-state index in [4.69, 9.17) is 4.74 Å². The summed E-state index contributed by atoms with van der Waals surface area (Å²) in [5.41, 5.74) is -0.293. The highest BCUT2D eigenvalue weighted by molar-refractivity contribution is 7.80. The van der Waals surface area contributed by atoms with Crippen LogP contribution in [0.25, 0.3) is 0 Å². The Morgan fingerprint density at radius 3 is 2.55 bits per heavy atom. The summed E-state index contributed by atoms with van der Waals surface area (Å²) in [5, 5.41) is 2.30. The molecule has 2 rings (SSSR count). The molecule has 0 spiro atoms. The summed E-state index contributed by atoms with van der Waals surface area (Å²) in [6, 6.07) is 7.70. The van der Waals surface area contributed by atoms with E-state index >= 15 is 0 Å². The van der Waals surface area contributed by atoms with E-state index in [1.807, 2.05) is 0 Å². The third kappa shape index (κ3) is 3.08. The summed E-state index contributed by atoms with van der Waals surface area (Å²) in [7, 11) is 1.42. The Kier molecular flexibility index (Phi) is 4.24. The van der Waals surface area contributed by atoms with Gasteiger partial charge in [-0.2, -0.15) is 0 Å². The maximum Gasteiger partial charge on any atom is 0.258 e. The van der Waals surface area contributed by atoms with Gasteiger partial charge in [0.1, 0.15) is 17.4 Å². The molecule has 6 heteroatoms. The average molecular weight is 295 g/mol. The average Bonchev–Trinajstić information content (AvgIpc) is 2.43. The fourth-order valence-corrected chi connectivity index (χ4v) is 1.81. The number of ether oxygens (including phenoxy) is 1. The number of nitrogens with one attached hydrogen (secondary N) is 1. The largest absolute Gasteiger partial charge is 0.497 e. The predicted molar refractivity (Wildman–Crippen MR) is 74.6 cm³/mol. The van der Waals surface area contributed by atoms with E-state index in [1.54, 1.807) is 0 Å². The van der Waals surface area contributed by atoms with Crippen molar-refractivity contribution in [2.24, 2.45) is 0 Å². The fourth-order valence-electron chi connectivity index (χ4n) is 1.60. The lowest BCUT2D eigenvalue weighted by Gasteiger charge is -2.09. The number of benzene rings is 2. The highest BCUT2D eigenvalue weighted by atomic mass is 32.1. The number of carbonyl (C=O) groups excluding carboxylic acids is 1. The Morgan fingerprint density at radius 1 is 1.15 bits per heavy atom. The molecule has 0 unspecified atom stereocenters. The molecule has 0 radical (unpaired) electrons. The molecule has 0 aliphatic rings. The van der Waals surface area contributed by atoms with Crippen LogP contribution in [0.5, 0.6) is 5.75 Å². The highest BCUT2D eigenvalue weighted by Gasteiger charge is 2.14. The second kappa shape index (κ2) is 5.92. The number of amides is 1. The summed E-state index contributed by atoms with van der Waals surface area (Å²) in [6.45, 7) is 0. The van der Waals surface area contributed by atoms with Crippen LogP contribution in [0.2, 0.25) is 0 Å². The van der Waals surface area contributed by atoms with Crippen LogP contribution < -0.4 is 10.1 Å². The van der Waals surface area contributed by atoms with Gasteiger partial charge in [0.15, 0.2) is 0 Å². The first-order valence-corrected chi connectivity index (χ1v) is 6.09. The minimum atomic E-state index is -0.759. The summed E-state index contributed by atoms with van der Waals surface area (Å²) in [4.78, 5) is 12.4. The number of carbonyl (C=O) groups is 1. The topological polar surface area (TPSA) is 38.3 Å². The smallest absolute Gasteiger partial charge is 0.258 e. The zero-order chi connectivity index (χ0) is 14.7. The Balaban J connectivity index is 2.30. The van der Waals surface area contributed by atoms with E-state index in [-0.39, 0.29) is 11.3 Å². The van der Waals surface area contributed by atoms with Crippen molar-refractivity contribution in [3.8, 4) is 5.75 Å². The third-order valence-electron chi connectivity index (χ3n) is 2.62. The van der Waals surface area contributed by atoms with Crippen LogP contribution in [0.3, 0.4) is 0 Å². The zero-order valence-corrected chi connectivity index (χ0v) is 11.4. The molecule has 104 valence electrons. The SMILES string of the molecule is COc1ccc(F)c(NC(=O)c2cc(S)ccc2F)c1. The lowest BCUT2D eigenvalue weighted by molar-refractivity contribution is 0.102. The molecule has 1 N–H and O–H groups in total. The van der Waals surface area contributed by atoms with Gasteiger partial charge in [-0.15, -0.1) is 12.6 Å². The minimum absolute atomic E-state index is 0.0849. The quantitative estimate of drug-likeness (QED) is 0.850. The van der Waals surface area contributed by atoms with Gasteiger partial charge in [0.05, 0.1) is 18.4 Å². The lowest BCUT2D eigenvalue weighted by Crippen LogP contribution is -2.14. The predicted octanol–water partition coefficient (Wildman–Crippen LogP) is 3.51. The highest BCUT2D eigenvalue weighted by Crippen LogP contribution is 2.22. The van der Waals surface area contributed by atoms with Crippen molar-refractivity contribution >= 4 is 24.2 Å². The monoisotopic (exact) mass is 295 g/mol. The Morgan fingerprint density at radius 2 is 1.85 bits per heavy atom. The van der Waals surface area contributed by atoms with Gasteiger partial charge in [-0.1, -0.05) is 0 Å². The van der Waals surface area contributed by atoms with Crippen molar-refractivity contribution in [3.05, 3.63) is 53.6 Å². The van der Waals surface area contributed by atoms with Crippen LogP contribution in [-0.2, 0) is 0 Å². The van der Waals surface area contributed by atoms with Crippen LogP contribution >= 0.6 is 12.6 Å². The molecule has 0 fully saturated rings. The summed E-state index contributed by atoms with van der Waals surface area (Å²) in [6.07, 6.45) is 0. The first-order valence-electron chi connectivity index (χ1n) is 5.64. The molecular weight excluding hydrogens is 284 g/mol. The molecule has 0 saturated carbocycles. The number of hydrogen-bond donors (Lipinski definition) is 2. The number of anilines is 1. The van der Waals surface area contributed by atoms with E-state index in [0.29, 0.717) is 10.6 Å². The van der Waals surface area contributed by atoms with E-state index in [1.165, 1.54) is 31.4 Å². The first-order chi connectivity index (χ1) is 9.51. The maximum absolute atomic E-state index is 13.6. The molecule has 0 heterocycles. The van der Waals surface area contributed by atoms with Gasteiger partial charge in [-0.25, -0.2) is 8.78 Å². The van der Waals surface area contributed by atoms with Gasteiger partial charge in [-0.05, 0) is 30.3 Å². The van der Waals surface area contributed by atoms with Crippen molar-refractivity contribution in [1.29, 1.82) is 0 Å². The Labute approximate surface area is 120 Å². The van der Waals surface area contributed by atoms with Crippen molar-refractivity contribution in [1.82, 2.24) is 0 Å². The number of halogens is 2. The van der Waals surface area contributed by atoms with Crippen molar-refractivity contribution in [2.45, 2.75) is 4.90 Å². The molecule has 20 heavy (non-hydrogen) atoms. The van der Waals surface area contributed by atoms with Crippen LogP contribution in [0.15, 0.2) is 41.3 Å². The van der Waals surface area contributed by atoms with Gasteiger partial charge in [0.2, 0.25) is 0 Å². The molecule has 0 aliphatic carbocycles. The molecule has 2 aromatic carbocycles. The molecule has 0 bridgehead atoms. The molecule has 1 amide bonds.